The van der Waals surface area contributed by atoms with Crippen molar-refractivity contribution in [3.05, 3.63) is 0 Å². The van der Waals surface area contributed by atoms with Crippen LogP contribution in [0.15, 0.2) is 0 Å². The molecule has 1 heterocycles. The lowest BCUT2D eigenvalue weighted by Crippen LogP contribution is -2.36. The summed E-state index contributed by atoms with van der Waals surface area (Å²) in [5, 5.41) is 0. The molecule has 0 bridgehead atoms. The van der Waals surface area contributed by atoms with E-state index in [-0.39, 0.29) is 0 Å². The van der Waals surface area contributed by atoms with Gasteiger partial charge in [0.15, 0.2) is 0 Å². The Kier molecular flexibility index (Phi) is 7.18. The molecule has 0 aromatic rings. The van der Waals surface area contributed by atoms with Gasteiger partial charge in [-0.25, -0.2) is 0 Å². The second-order valence-corrected chi connectivity index (χ2v) is 6.52. The van der Waals surface area contributed by atoms with E-state index in [0.717, 1.165) is 12.5 Å². The predicted molar refractivity (Wildman–Crippen MR) is 79.7 cm³/mol. The molecule has 2 fully saturated rings. The van der Waals surface area contributed by atoms with Crippen molar-refractivity contribution in [1.29, 1.82) is 0 Å². The molecule has 1 aliphatic carbocycles. The fraction of sp³-hybridized carbons (Fsp3) is 1.00. The molecule has 2 unspecified atom stereocenters. The third kappa shape index (κ3) is 5.80. The molecule has 0 aromatic heterocycles. The van der Waals surface area contributed by atoms with Crippen molar-refractivity contribution in [3.8, 4) is 0 Å². The van der Waals surface area contributed by atoms with Crippen molar-refractivity contribution < 1.29 is 4.74 Å². The molecule has 2 aliphatic rings. The molecule has 0 radical (unpaired) electrons. The van der Waals surface area contributed by atoms with Gasteiger partial charge in [-0.2, -0.15) is 0 Å². The lowest BCUT2D eigenvalue weighted by Gasteiger charge is -2.22. The summed E-state index contributed by atoms with van der Waals surface area (Å²) in [7, 11) is 0. The summed E-state index contributed by atoms with van der Waals surface area (Å²) in [5.41, 5.74) is 3.05. The Labute approximate surface area is 118 Å². The van der Waals surface area contributed by atoms with Crippen molar-refractivity contribution >= 4 is 0 Å². The Balaban J connectivity index is 1.61. The first-order valence-corrected chi connectivity index (χ1v) is 8.46. The molecule has 2 atom stereocenters. The van der Waals surface area contributed by atoms with Crippen molar-refractivity contribution in [2.75, 3.05) is 6.61 Å². The van der Waals surface area contributed by atoms with Crippen LogP contribution in [-0.2, 0) is 4.74 Å². The first-order chi connectivity index (χ1) is 9.38. The zero-order chi connectivity index (χ0) is 13.3. The maximum Gasteiger partial charge on any atom is 0.0576 e. The normalized spacial score (nSPS) is 27.3. The van der Waals surface area contributed by atoms with Gasteiger partial charge in [0, 0.05) is 12.6 Å². The Morgan fingerprint density at radius 1 is 1.05 bits per heavy atom. The van der Waals surface area contributed by atoms with Crippen LogP contribution in [0.2, 0.25) is 0 Å². The zero-order valence-corrected chi connectivity index (χ0v) is 12.4. The predicted octanol–water partition coefficient (Wildman–Crippen LogP) is 3.53. The summed E-state index contributed by atoms with van der Waals surface area (Å²) in [6.45, 7) is 0.977. The van der Waals surface area contributed by atoms with Crippen LogP contribution in [0.5, 0.6) is 0 Å². The molecule has 112 valence electrons. The third-order valence-corrected chi connectivity index (χ3v) is 4.93. The maximum atomic E-state index is 5.74. The van der Waals surface area contributed by atoms with Crippen LogP contribution >= 0.6 is 0 Å². The Morgan fingerprint density at radius 2 is 1.84 bits per heavy atom. The maximum absolute atomic E-state index is 5.74. The SMILES string of the molecule is NNC(CCCC1CCCO1)CC1CCCCCC1. The molecule has 3 N–H and O–H groups in total. The average molecular weight is 268 g/mol. The topological polar surface area (TPSA) is 47.3 Å². The van der Waals surface area contributed by atoms with Gasteiger partial charge >= 0.3 is 0 Å². The van der Waals surface area contributed by atoms with E-state index in [0.29, 0.717) is 12.1 Å². The number of rotatable bonds is 7. The van der Waals surface area contributed by atoms with Crippen molar-refractivity contribution in [2.24, 2.45) is 11.8 Å². The number of ether oxygens (including phenoxy) is 1. The fourth-order valence-corrected chi connectivity index (χ4v) is 3.74. The van der Waals surface area contributed by atoms with Crippen LogP contribution in [0.25, 0.3) is 0 Å². The van der Waals surface area contributed by atoms with Crippen molar-refractivity contribution in [1.82, 2.24) is 5.43 Å². The van der Waals surface area contributed by atoms with Crippen LogP contribution in [0.3, 0.4) is 0 Å². The van der Waals surface area contributed by atoms with Gasteiger partial charge in [0.1, 0.15) is 0 Å². The largest absolute Gasteiger partial charge is 0.378 e. The lowest BCUT2D eigenvalue weighted by atomic mass is 9.90. The van der Waals surface area contributed by atoms with Crippen molar-refractivity contribution in [2.45, 2.75) is 89.2 Å². The van der Waals surface area contributed by atoms with E-state index in [4.69, 9.17) is 10.6 Å². The van der Waals surface area contributed by atoms with Crippen LogP contribution in [0, 0.1) is 5.92 Å². The van der Waals surface area contributed by atoms with E-state index in [1.165, 1.54) is 77.0 Å². The van der Waals surface area contributed by atoms with Crippen LogP contribution in [0.4, 0.5) is 0 Å². The van der Waals surface area contributed by atoms with E-state index in [9.17, 15) is 0 Å². The van der Waals surface area contributed by atoms with Gasteiger partial charge in [-0.15, -0.1) is 0 Å². The molecule has 0 amide bonds. The quantitative estimate of drug-likeness (QED) is 0.422. The fourth-order valence-electron chi connectivity index (χ4n) is 3.74. The third-order valence-electron chi connectivity index (χ3n) is 4.93. The Bertz CT molecular complexity index is 221. The molecule has 2 rings (SSSR count). The number of nitrogens with two attached hydrogens (primary N) is 1. The number of nitrogens with one attached hydrogen (secondary N) is 1. The first-order valence-electron chi connectivity index (χ1n) is 8.46. The highest BCUT2D eigenvalue weighted by molar-refractivity contribution is 4.74. The van der Waals surface area contributed by atoms with E-state index in [2.05, 4.69) is 5.43 Å². The second-order valence-electron chi connectivity index (χ2n) is 6.52. The number of hydrogen-bond donors (Lipinski definition) is 2. The average Bonchev–Trinajstić information content (AvgIpc) is 2.81. The van der Waals surface area contributed by atoms with Gasteiger partial charge in [-0.1, -0.05) is 38.5 Å². The van der Waals surface area contributed by atoms with Crippen LogP contribution in [0.1, 0.15) is 77.0 Å². The summed E-state index contributed by atoms with van der Waals surface area (Å²) in [6.07, 6.45) is 16.6. The highest BCUT2D eigenvalue weighted by Crippen LogP contribution is 2.27. The molecule has 3 nitrogen and oxygen atoms in total. The lowest BCUT2D eigenvalue weighted by molar-refractivity contribution is 0.101. The summed E-state index contributed by atoms with van der Waals surface area (Å²) in [4.78, 5) is 0. The van der Waals surface area contributed by atoms with Gasteiger partial charge in [-0.3, -0.25) is 11.3 Å². The van der Waals surface area contributed by atoms with Gasteiger partial charge in [-0.05, 0) is 44.4 Å². The minimum Gasteiger partial charge on any atom is -0.378 e. The van der Waals surface area contributed by atoms with E-state index in [1.54, 1.807) is 0 Å². The van der Waals surface area contributed by atoms with Gasteiger partial charge in [0.2, 0.25) is 0 Å². The molecule has 1 saturated heterocycles. The van der Waals surface area contributed by atoms with E-state index >= 15 is 0 Å². The Morgan fingerprint density at radius 3 is 2.47 bits per heavy atom. The summed E-state index contributed by atoms with van der Waals surface area (Å²) < 4.78 is 5.68. The van der Waals surface area contributed by atoms with Gasteiger partial charge in [0.25, 0.3) is 0 Å². The number of hydrogen-bond acceptors (Lipinski definition) is 3. The molecule has 1 aliphatic heterocycles. The number of hydrazine groups is 1. The Hall–Kier alpha value is -0.120. The molecule has 3 heteroatoms. The second kappa shape index (κ2) is 8.93. The minimum absolute atomic E-state index is 0.518. The molecule has 19 heavy (non-hydrogen) atoms. The summed E-state index contributed by atoms with van der Waals surface area (Å²) in [6, 6.07) is 0.518. The monoisotopic (exact) mass is 268 g/mol. The van der Waals surface area contributed by atoms with Gasteiger partial charge in [0.05, 0.1) is 6.10 Å². The highest BCUT2D eigenvalue weighted by Gasteiger charge is 2.19. The smallest absolute Gasteiger partial charge is 0.0576 e. The summed E-state index contributed by atoms with van der Waals surface area (Å²) >= 11 is 0. The first kappa shape index (κ1) is 15.3. The zero-order valence-electron chi connectivity index (χ0n) is 12.4. The van der Waals surface area contributed by atoms with Crippen molar-refractivity contribution in [3.63, 3.8) is 0 Å². The van der Waals surface area contributed by atoms with Crippen LogP contribution in [-0.4, -0.2) is 18.8 Å². The molecule has 0 aromatic carbocycles. The summed E-state index contributed by atoms with van der Waals surface area (Å²) in [5.74, 6) is 6.65. The highest BCUT2D eigenvalue weighted by atomic mass is 16.5. The molecular weight excluding hydrogens is 236 g/mol. The molecule has 1 saturated carbocycles. The van der Waals surface area contributed by atoms with Gasteiger partial charge < -0.3 is 4.74 Å². The van der Waals surface area contributed by atoms with Crippen LogP contribution < -0.4 is 11.3 Å². The van der Waals surface area contributed by atoms with E-state index < -0.39 is 0 Å². The molecular formula is C16H32N2O. The standard InChI is InChI=1S/C16H32N2O/c17-18-15(9-5-10-16-11-6-12-19-16)13-14-7-3-1-2-4-8-14/h14-16,18H,1-13,17H2. The van der Waals surface area contributed by atoms with E-state index in [1.807, 2.05) is 0 Å². The minimum atomic E-state index is 0.518. The molecule has 0 spiro atoms.